The third-order valence-corrected chi connectivity index (χ3v) is 4.29. The minimum atomic E-state index is 0.146. The van der Waals surface area contributed by atoms with E-state index in [1.165, 1.54) is 6.42 Å². The quantitative estimate of drug-likeness (QED) is 0.782. The lowest BCUT2D eigenvalue weighted by Gasteiger charge is -2.31. The number of carbonyl (C=O) groups excluding carboxylic acids is 1. The molecule has 0 spiro atoms. The second-order valence-electron chi connectivity index (χ2n) is 5.67. The molecule has 2 fully saturated rings. The Balaban J connectivity index is 1.68. The molecule has 4 heteroatoms. The van der Waals surface area contributed by atoms with E-state index >= 15 is 0 Å². The van der Waals surface area contributed by atoms with Gasteiger partial charge in [0.2, 0.25) is 5.91 Å². The smallest absolute Gasteiger partial charge is 0.220 e. The van der Waals surface area contributed by atoms with Crippen LogP contribution in [0.1, 0.15) is 44.9 Å². The Bertz CT molecular complexity index is 264. The number of ether oxygens (including phenoxy) is 1. The van der Waals surface area contributed by atoms with Crippen LogP contribution in [0.5, 0.6) is 0 Å². The van der Waals surface area contributed by atoms with E-state index in [9.17, 15) is 9.90 Å². The number of aliphatic hydroxyl groups excluding tert-OH is 1. The molecule has 0 bridgehead atoms. The van der Waals surface area contributed by atoms with Gasteiger partial charge in [0.05, 0.1) is 0 Å². The van der Waals surface area contributed by atoms with E-state index in [0.717, 1.165) is 45.3 Å². The summed E-state index contributed by atoms with van der Waals surface area (Å²) < 4.78 is 5.31. The lowest BCUT2D eigenvalue weighted by atomic mass is 9.85. The lowest BCUT2D eigenvalue weighted by molar-refractivity contribution is -0.122. The molecule has 2 rings (SSSR count). The van der Waals surface area contributed by atoms with Gasteiger partial charge in [0.15, 0.2) is 0 Å². The maximum absolute atomic E-state index is 11.9. The van der Waals surface area contributed by atoms with E-state index < -0.39 is 0 Å². The first-order chi connectivity index (χ1) is 8.79. The fourth-order valence-corrected chi connectivity index (χ4v) is 3.04. The SMILES string of the molecule is O=C(CCC1CCOC1)NC1CCCCC1CO. The van der Waals surface area contributed by atoms with Gasteiger partial charge in [-0.25, -0.2) is 0 Å². The molecule has 0 aromatic heterocycles. The highest BCUT2D eigenvalue weighted by Gasteiger charge is 2.26. The summed E-state index contributed by atoms with van der Waals surface area (Å²) in [6.45, 7) is 1.86. The third kappa shape index (κ3) is 3.95. The van der Waals surface area contributed by atoms with Gasteiger partial charge in [-0.3, -0.25) is 4.79 Å². The van der Waals surface area contributed by atoms with Crippen LogP contribution in [0.4, 0.5) is 0 Å². The fourth-order valence-electron chi connectivity index (χ4n) is 3.04. The summed E-state index contributed by atoms with van der Waals surface area (Å²) in [6, 6.07) is 0.191. The number of nitrogens with one attached hydrogen (secondary N) is 1. The van der Waals surface area contributed by atoms with E-state index in [1.807, 2.05) is 0 Å². The van der Waals surface area contributed by atoms with Crippen molar-refractivity contribution in [2.75, 3.05) is 19.8 Å². The highest BCUT2D eigenvalue weighted by molar-refractivity contribution is 5.76. The zero-order chi connectivity index (χ0) is 12.8. The van der Waals surface area contributed by atoms with Crippen LogP contribution in [-0.4, -0.2) is 36.9 Å². The van der Waals surface area contributed by atoms with Crippen LogP contribution >= 0.6 is 0 Å². The normalized spacial score (nSPS) is 32.4. The average Bonchev–Trinajstić information content (AvgIpc) is 2.90. The summed E-state index contributed by atoms with van der Waals surface area (Å²) in [5.41, 5.74) is 0. The van der Waals surface area contributed by atoms with E-state index in [-0.39, 0.29) is 24.5 Å². The summed E-state index contributed by atoms with van der Waals surface area (Å²) in [7, 11) is 0. The zero-order valence-corrected chi connectivity index (χ0v) is 11.1. The number of hydrogen-bond acceptors (Lipinski definition) is 3. The number of amides is 1. The molecule has 3 unspecified atom stereocenters. The second-order valence-corrected chi connectivity index (χ2v) is 5.67. The van der Waals surface area contributed by atoms with E-state index in [4.69, 9.17) is 4.74 Å². The minimum absolute atomic E-state index is 0.146. The Morgan fingerprint density at radius 3 is 2.83 bits per heavy atom. The number of carbonyl (C=O) groups is 1. The van der Waals surface area contributed by atoms with E-state index in [1.54, 1.807) is 0 Å². The molecule has 0 radical (unpaired) electrons. The van der Waals surface area contributed by atoms with Crippen LogP contribution in [0.25, 0.3) is 0 Å². The Kier molecular flexibility index (Phi) is 5.45. The summed E-state index contributed by atoms with van der Waals surface area (Å²) >= 11 is 0. The van der Waals surface area contributed by atoms with Gasteiger partial charge in [-0.1, -0.05) is 12.8 Å². The van der Waals surface area contributed by atoms with Crippen molar-refractivity contribution in [2.45, 2.75) is 51.0 Å². The van der Waals surface area contributed by atoms with Gasteiger partial charge in [0, 0.05) is 38.2 Å². The Morgan fingerprint density at radius 1 is 1.28 bits per heavy atom. The van der Waals surface area contributed by atoms with Crippen LogP contribution in [0, 0.1) is 11.8 Å². The van der Waals surface area contributed by atoms with Gasteiger partial charge in [0.1, 0.15) is 0 Å². The molecule has 104 valence electrons. The Morgan fingerprint density at radius 2 is 2.11 bits per heavy atom. The van der Waals surface area contributed by atoms with Crippen molar-refractivity contribution < 1.29 is 14.6 Å². The summed E-state index contributed by atoms with van der Waals surface area (Å²) in [6.07, 6.45) is 7.03. The molecule has 1 amide bonds. The van der Waals surface area contributed by atoms with Gasteiger partial charge in [-0.05, 0) is 31.6 Å². The fraction of sp³-hybridized carbons (Fsp3) is 0.929. The average molecular weight is 255 g/mol. The predicted octanol–water partition coefficient (Wildman–Crippen LogP) is 1.47. The summed E-state index contributed by atoms with van der Waals surface area (Å²) in [5, 5.41) is 12.4. The first-order valence-corrected chi connectivity index (χ1v) is 7.27. The van der Waals surface area contributed by atoms with Crippen LogP contribution in [0.3, 0.4) is 0 Å². The van der Waals surface area contributed by atoms with Gasteiger partial charge < -0.3 is 15.2 Å². The number of rotatable bonds is 5. The Hall–Kier alpha value is -0.610. The van der Waals surface area contributed by atoms with Crippen molar-refractivity contribution in [3.05, 3.63) is 0 Å². The molecule has 2 N–H and O–H groups in total. The van der Waals surface area contributed by atoms with Crippen molar-refractivity contribution in [2.24, 2.45) is 11.8 Å². The molecular weight excluding hydrogens is 230 g/mol. The molecule has 1 heterocycles. The standard InChI is InChI=1S/C14H25NO3/c16-9-12-3-1-2-4-13(12)15-14(17)6-5-11-7-8-18-10-11/h11-13,16H,1-10H2,(H,15,17). The lowest BCUT2D eigenvalue weighted by Crippen LogP contribution is -2.43. The first kappa shape index (κ1) is 13.8. The van der Waals surface area contributed by atoms with Crippen molar-refractivity contribution >= 4 is 5.91 Å². The molecule has 2 aliphatic rings. The molecule has 1 saturated carbocycles. The van der Waals surface area contributed by atoms with Gasteiger partial charge in [-0.2, -0.15) is 0 Å². The molecule has 18 heavy (non-hydrogen) atoms. The first-order valence-electron chi connectivity index (χ1n) is 7.27. The van der Waals surface area contributed by atoms with Gasteiger partial charge in [-0.15, -0.1) is 0 Å². The van der Waals surface area contributed by atoms with Crippen molar-refractivity contribution in [1.82, 2.24) is 5.32 Å². The summed E-state index contributed by atoms with van der Waals surface area (Å²) in [5.74, 6) is 0.973. The minimum Gasteiger partial charge on any atom is -0.396 e. The topological polar surface area (TPSA) is 58.6 Å². The molecule has 4 nitrogen and oxygen atoms in total. The Labute approximate surface area is 109 Å². The van der Waals surface area contributed by atoms with Crippen LogP contribution in [0.15, 0.2) is 0 Å². The van der Waals surface area contributed by atoms with Gasteiger partial charge in [0.25, 0.3) is 0 Å². The monoisotopic (exact) mass is 255 g/mol. The predicted molar refractivity (Wildman–Crippen MR) is 69.1 cm³/mol. The van der Waals surface area contributed by atoms with Gasteiger partial charge >= 0.3 is 0 Å². The van der Waals surface area contributed by atoms with Crippen LogP contribution in [0.2, 0.25) is 0 Å². The number of hydrogen-bond donors (Lipinski definition) is 2. The van der Waals surface area contributed by atoms with E-state index in [0.29, 0.717) is 12.3 Å². The van der Waals surface area contributed by atoms with Crippen LogP contribution < -0.4 is 5.32 Å². The zero-order valence-electron chi connectivity index (χ0n) is 11.1. The van der Waals surface area contributed by atoms with Crippen LogP contribution in [-0.2, 0) is 9.53 Å². The maximum atomic E-state index is 11.9. The van der Waals surface area contributed by atoms with E-state index in [2.05, 4.69) is 5.32 Å². The van der Waals surface area contributed by atoms with Crippen molar-refractivity contribution in [1.29, 1.82) is 0 Å². The second kappa shape index (κ2) is 7.10. The maximum Gasteiger partial charge on any atom is 0.220 e. The molecule has 0 aromatic rings. The molecular formula is C14H25NO3. The van der Waals surface area contributed by atoms with Crippen molar-refractivity contribution in [3.8, 4) is 0 Å². The number of aliphatic hydroxyl groups is 1. The molecule has 1 saturated heterocycles. The highest BCUT2D eigenvalue weighted by Crippen LogP contribution is 2.24. The molecule has 0 aromatic carbocycles. The largest absolute Gasteiger partial charge is 0.396 e. The summed E-state index contributed by atoms with van der Waals surface area (Å²) in [4.78, 5) is 11.9. The molecule has 1 aliphatic heterocycles. The molecule has 1 aliphatic carbocycles. The highest BCUT2D eigenvalue weighted by atomic mass is 16.5. The molecule has 3 atom stereocenters. The van der Waals surface area contributed by atoms with Crippen molar-refractivity contribution in [3.63, 3.8) is 0 Å². The third-order valence-electron chi connectivity index (χ3n) is 4.29.